The van der Waals surface area contributed by atoms with E-state index in [1.807, 2.05) is 17.0 Å². The second-order valence-electron chi connectivity index (χ2n) is 5.14. The van der Waals surface area contributed by atoms with Crippen molar-refractivity contribution in [3.05, 3.63) is 64.6 Å². The predicted molar refractivity (Wildman–Crippen MR) is 76.6 cm³/mol. The number of amides is 1. The van der Waals surface area contributed by atoms with E-state index in [-0.39, 0.29) is 5.91 Å². The highest BCUT2D eigenvalue weighted by Gasteiger charge is 2.23. The highest BCUT2D eigenvalue weighted by atomic mass is 16.5. The van der Waals surface area contributed by atoms with E-state index in [0.29, 0.717) is 10.3 Å². The van der Waals surface area contributed by atoms with Crippen LogP contribution >= 0.6 is 0 Å². The van der Waals surface area contributed by atoms with Crippen LogP contribution < -0.4 is 9.63 Å². The number of fused-ring (bicyclic) bond motifs is 1. The molecule has 0 bridgehead atoms. The number of carbonyl (C=O) groups is 1. The van der Waals surface area contributed by atoms with Gasteiger partial charge in [0.05, 0.1) is 5.56 Å². The Hall–Kier alpha value is -2.36. The van der Waals surface area contributed by atoms with Crippen molar-refractivity contribution in [1.82, 2.24) is 0 Å². The highest BCUT2D eigenvalue weighted by Crippen LogP contribution is 2.29. The molecule has 0 fully saturated rings. The van der Waals surface area contributed by atoms with E-state index in [1.165, 1.54) is 23.5 Å². The third kappa shape index (κ3) is 2.25. The SMILES string of the molecule is Cc1ccc2c(c1)CCCN2C(=O)c1cc[n+]([O-])cc1. The van der Waals surface area contributed by atoms with E-state index in [1.54, 1.807) is 12.1 Å². The lowest BCUT2D eigenvalue weighted by atomic mass is 9.99. The summed E-state index contributed by atoms with van der Waals surface area (Å²) in [6.45, 7) is 2.78. The molecule has 1 aliphatic heterocycles. The van der Waals surface area contributed by atoms with Gasteiger partial charge in [-0.1, -0.05) is 17.7 Å². The summed E-state index contributed by atoms with van der Waals surface area (Å²) in [4.78, 5) is 14.4. The van der Waals surface area contributed by atoms with E-state index in [9.17, 15) is 10.0 Å². The molecule has 1 aromatic carbocycles. The molecule has 1 aromatic heterocycles. The first-order chi connectivity index (χ1) is 9.65. The van der Waals surface area contributed by atoms with Crippen LogP contribution in [-0.4, -0.2) is 12.5 Å². The molecule has 3 rings (SSSR count). The predicted octanol–water partition coefficient (Wildman–Crippen LogP) is 2.22. The fraction of sp³-hybridized carbons (Fsp3) is 0.250. The normalized spacial score (nSPS) is 13.9. The Morgan fingerprint density at radius 3 is 2.75 bits per heavy atom. The van der Waals surface area contributed by atoms with Gasteiger partial charge in [0.25, 0.3) is 5.91 Å². The lowest BCUT2D eigenvalue weighted by Crippen LogP contribution is -2.36. The van der Waals surface area contributed by atoms with Crippen LogP contribution in [-0.2, 0) is 6.42 Å². The van der Waals surface area contributed by atoms with Crippen molar-refractivity contribution in [2.75, 3.05) is 11.4 Å². The van der Waals surface area contributed by atoms with E-state index >= 15 is 0 Å². The molecule has 2 aromatic rings. The standard InChI is InChI=1S/C16H16N2O2/c1-12-4-5-15-14(11-12)3-2-8-18(15)16(19)13-6-9-17(20)10-7-13/h4-7,9-11H,2-3,8H2,1H3. The number of hydrogen-bond acceptors (Lipinski definition) is 2. The van der Waals surface area contributed by atoms with Crippen LogP contribution in [0.3, 0.4) is 0 Å². The fourth-order valence-corrected chi connectivity index (χ4v) is 2.65. The molecule has 0 spiro atoms. The Morgan fingerprint density at radius 1 is 1.25 bits per heavy atom. The van der Waals surface area contributed by atoms with Crippen LogP contribution in [0.1, 0.15) is 27.9 Å². The Balaban J connectivity index is 1.96. The Kier molecular flexibility index (Phi) is 3.14. The van der Waals surface area contributed by atoms with Gasteiger partial charge < -0.3 is 10.1 Å². The van der Waals surface area contributed by atoms with E-state index in [0.717, 1.165) is 25.1 Å². The average Bonchev–Trinajstić information content (AvgIpc) is 2.46. The Bertz CT molecular complexity index is 650. The molecule has 1 aliphatic rings. The van der Waals surface area contributed by atoms with Gasteiger partial charge in [-0.3, -0.25) is 4.79 Å². The fourth-order valence-electron chi connectivity index (χ4n) is 2.65. The molecule has 4 nitrogen and oxygen atoms in total. The first kappa shape index (κ1) is 12.7. The van der Waals surface area contributed by atoms with Gasteiger partial charge in [-0.2, -0.15) is 4.73 Å². The van der Waals surface area contributed by atoms with Gasteiger partial charge in [0.1, 0.15) is 0 Å². The molecule has 4 heteroatoms. The number of aryl methyl sites for hydroxylation is 2. The number of benzene rings is 1. The largest absolute Gasteiger partial charge is 0.619 e. The van der Waals surface area contributed by atoms with Crippen molar-refractivity contribution in [3.8, 4) is 0 Å². The summed E-state index contributed by atoms with van der Waals surface area (Å²) in [7, 11) is 0. The monoisotopic (exact) mass is 268 g/mol. The number of anilines is 1. The Morgan fingerprint density at radius 2 is 2.00 bits per heavy atom. The molecule has 1 amide bonds. The third-order valence-electron chi connectivity index (χ3n) is 3.65. The van der Waals surface area contributed by atoms with Crippen molar-refractivity contribution in [2.45, 2.75) is 19.8 Å². The molecule has 0 saturated heterocycles. The van der Waals surface area contributed by atoms with Gasteiger partial charge in [0.2, 0.25) is 0 Å². The zero-order valence-corrected chi connectivity index (χ0v) is 11.4. The maximum Gasteiger partial charge on any atom is 0.258 e. The molecule has 0 N–H and O–H groups in total. The molecule has 2 heterocycles. The number of carbonyl (C=O) groups excluding carboxylic acids is 1. The summed E-state index contributed by atoms with van der Waals surface area (Å²) in [5, 5.41) is 11.0. The second-order valence-corrected chi connectivity index (χ2v) is 5.14. The molecule has 102 valence electrons. The van der Waals surface area contributed by atoms with Crippen LogP contribution in [0, 0.1) is 12.1 Å². The highest BCUT2D eigenvalue weighted by molar-refractivity contribution is 6.06. The first-order valence-electron chi connectivity index (χ1n) is 6.75. The van der Waals surface area contributed by atoms with Crippen molar-refractivity contribution in [1.29, 1.82) is 0 Å². The zero-order valence-electron chi connectivity index (χ0n) is 11.4. The second kappa shape index (κ2) is 4.96. The zero-order chi connectivity index (χ0) is 14.1. The smallest absolute Gasteiger partial charge is 0.258 e. The quantitative estimate of drug-likeness (QED) is 0.588. The van der Waals surface area contributed by atoms with E-state index in [2.05, 4.69) is 13.0 Å². The molecule has 0 radical (unpaired) electrons. The van der Waals surface area contributed by atoms with Crippen LogP contribution in [0.25, 0.3) is 0 Å². The van der Waals surface area contributed by atoms with Gasteiger partial charge in [-0.05, 0) is 31.4 Å². The van der Waals surface area contributed by atoms with Gasteiger partial charge in [-0.25, -0.2) is 0 Å². The summed E-state index contributed by atoms with van der Waals surface area (Å²) in [5.74, 6) is -0.0459. The van der Waals surface area contributed by atoms with Crippen LogP contribution in [0.2, 0.25) is 0 Å². The van der Waals surface area contributed by atoms with Gasteiger partial charge in [0.15, 0.2) is 12.4 Å². The van der Waals surface area contributed by atoms with Crippen molar-refractivity contribution >= 4 is 11.6 Å². The van der Waals surface area contributed by atoms with Crippen molar-refractivity contribution in [2.24, 2.45) is 0 Å². The lowest BCUT2D eigenvalue weighted by Gasteiger charge is -2.29. The van der Waals surface area contributed by atoms with Crippen molar-refractivity contribution < 1.29 is 9.52 Å². The topological polar surface area (TPSA) is 47.2 Å². The van der Waals surface area contributed by atoms with Crippen LogP contribution in [0.4, 0.5) is 5.69 Å². The van der Waals surface area contributed by atoms with Crippen LogP contribution in [0.5, 0.6) is 0 Å². The van der Waals surface area contributed by atoms with Crippen LogP contribution in [0.15, 0.2) is 42.7 Å². The summed E-state index contributed by atoms with van der Waals surface area (Å²) in [5.41, 5.74) is 3.97. The molecule has 0 saturated carbocycles. The van der Waals surface area contributed by atoms with E-state index < -0.39 is 0 Å². The summed E-state index contributed by atoms with van der Waals surface area (Å²) in [6, 6.07) is 9.32. The molecular weight excluding hydrogens is 252 g/mol. The van der Waals surface area contributed by atoms with Gasteiger partial charge >= 0.3 is 0 Å². The summed E-state index contributed by atoms with van der Waals surface area (Å²) >= 11 is 0. The van der Waals surface area contributed by atoms with Crippen molar-refractivity contribution in [3.63, 3.8) is 0 Å². The number of aromatic nitrogens is 1. The number of pyridine rings is 1. The van der Waals surface area contributed by atoms with E-state index in [4.69, 9.17) is 0 Å². The maximum atomic E-state index is 12.6. The maximum absolute atomic E-state index is 12.6. The molecule has 0 aliphatic carbocycles. The minimum absolute atomic E-state index is 0.0459. The lowest BCUT2D eigenvalue weighted by molar-refractivity contribution is -0.605. The summed E-state index contributed by atoms with van der Waals surface area (Å²) < 4.78 is 0.685. The minimum Gasteiger partial charge on any atom is -0.619 e. The average molecular weight is 268 g/mol. The number of nitrogens with zero attached hydrogens (tertiary/aromatic N) is 2. The molecule has 20 heavy (non-hydrogen) atoms. The number of rotatable bonds is 1. The Labute approximate surface area is 117 Å². The summed E-state index contributed by atoms with van der Waals surface area (Å²) in [6.07, 6.45) is 4.69. The molecule has 0 unspecified atom stereocenters. The number of hydrogen-bond donors (Lipinski definition) is 0. The minimum atomic E-state index is -0.0459. The molecule has 0 atom stereocenters. The van der Waals surface area contributed by atoms with Gasteiger partial charge in [0, 0.05) is 24.4 Å². The third-order valence-corrected chi connectivity index (χ3v) is 3.65. The molecular formula is C16H16N2O2. The first-order valence-corrected chi connectivity index (χ1v) is 6.75. The van der Waals surface area contributed by atoms with Gasteiger partial charge in [-0.15, -0.1) is 0 Å².